The minimum Gasteiger partial charge on any atom is -0.308 e. The van der Waals surface area contributed by atoms with Crippen LogP contribution in [0.15, 0.2) is 17.1 Å². The lowest BCUT2D eigenvalue weighted by atomic mass is 10.2. The van der Waals surface area contributed by atoms with Crippen LogP contribution in [-0.2, 0) is 0 Å². The summed E-state index contributed by atoms with van der Waals surface area (Å²) in [7, 11) is 0. The highest BCUT2D eigenvalue weighted by atomic mass is 32.1. The van der Waals surface area contributed by atoms with E-state index < -0.39 is 0 Å². The highest BCUT2D eigenvalue weighted by molar-refractivity contribution is 7.22. The molecule has 3 N–H and O–H groups in total. The van der Waals surface area contributed by atoms with Crippen LogP contribution in [0.5, 0.6) is 0 Å². The predicted molar refractivity (Wildman–Crippen MR) is 84.9 cm³/mol. The van der Waals surface area contributed by atoms with Crippen LogP contribution < -0.4 is 10.9 Å². The lowest BCUT2D eigenvalue weighted by Gasteiger charge is -2.11. The number of thiophene rings is 1. The smallest absolute Gasteiger partial charge is 0.268 e. The first-order valence-electron chi connectivity index (χ1n) is 7.48. The van der Waals surface area contributed by atoms with Crippen LogP contribution >= 0.6 is 11.3 Å². The van der Waals surface area contributed by atoms with Gasteiger partial charge in [0.25, 0.3) is 5.56 Å². The standard InChI is InChI=1S/C15H15N5OS/c1-6-9(5-17-20-6)11-3-10-13(22-11)15(21)19-14(18-10)12-8-2-7(8)4-16-12/h3,5,7-8,12,16H,2,4H2,1H3,(H,17,20)(H,18,19,21)/t7?,8-,12?/m0/s1. The van der Waals surface area contributed by atoms with Crippen molar-refractivity contribution in [1.29, 1.82) is 0 Å². The fourth-order valence-electron chi connectivity index (χ4n) is 3.48. The first-order valence-corrected chi connectivity index (χ1v) is 8.30. The van der Waals surface area contributed by atoms with Crippen LogP contribution in [0.4, 0.5) is 0 Å². The number of hydrogen-bond donors (Lipinski definition) is 3. The third kappa shape index (κ3) is 1.72. The Morgan fingerprint density at radius 3 is 3.00 bits per heavy atom. The van der Waals surface area contributed by atoms with Crippen molar-refractivity contribution in [1.82, 2.24) is 25.5 Å². The molecule has 0 spiro atoms. The number of nitrogens with zero attached hydrogens (tertiary/aromatic N) is 2. The summed E-state index contributed by atoms with van der Waals surface area (Å²) in [4.78, 5) is 21.1. The second kappa shape index (κ2) is 4.27. The molecular weight excluding hydrogens is 298 g/mol. The second-order valence-corrected chi connectivity index (χ2v) is 7.28. The summed E-state index contributed by atoms with van der Waals surface area (Å²) in [5, 5.41) is 10.4. The van der Waals surface area contributed by atoms with Crippen LogP contribution in [-0.4, -0.2) is 26.7 Å². The van der Waals surface area contributed by atoms with Crippen molar-refractivity contribution >= 4 is 21.6 Å². The summed E-state index contributed by atoms with van der Waals surface area (Å²) in [6, 6.07) is 2.21. The van der Waals surface area contributed by atoms with Crippen molar-refractivity contribution in [3.05, 3.63) is 34.1 Å². The first-order chi connectivity index (χ1) is 10.7. The van der Waals surface area contributed by atoms with Gasteiger partial charge in [-0.3, -0.25) is 9.89 Å². The Morgan fingerprint density at radius 1 is 1.41 bits per heavy atom. The van der Waals surface area contributed by atoms with Gasteiger partial charge in [0.15, 0.2) is 0 Å². The van der Waals surface area contributed by atoms with E-state index in [2.05, 4.69) is 20.5 Å². The Labute approximate surface area is 130 Å². The molecule has 112 valence electrons. The first kappa shape index (κ1) is 12.5. The lowest BCUT2D eigenvalue weighted by molar-refractivity contribution is 0.532. The molecule has 3 atom stereocenters. The Morgan fingerprint density at radius 2 is 2.32 bits per heavy atom. The minimum absolute atomic E-state index is 0.0386. The molecule has 2 fully saturated rings. The highest BCUT2D eigenvalue weighted by Crippen LogP contribution is 2.50. The molecule has 6 nitrogen and oxygen atoms in total. The van der Waals surface area contributed by atoms with Crippen molar-refractivity contribution in [2.75, 3.05) is 6.54 Å². The third-order valence-corrected chi connectivity index (χ3v) is 5.95. The molecule has 2 aliphatic rings. The van der Waals surface area contributed by atoms with Gasteiger partial charge in [0.2, 0.25) is 0 Å². The van der Waals surface area contributed by atoms with Crippen LogP contribution in [0, 0.1) is 18.8 Å². The van der Waals surface area contributed by atoms with E-state index in [1.807, 2.05) is 13.0 Å². The molecule has 4 heterocycles. The minimum atomic E-state index is -0.0386. The topological polar surface area (TPSA) is 86.5 Å². The molecule has 0 bridgehead atoms. The second-order valence-electron chi connectivity index (χ2n) is 6.23. The molecule has 1 aliphatic heterocycles. The monoisotopic (exact) mass is 313 g/mol. The van der Waals surface area contributed by atoms with E-state index in [4.69, 9.17) is 4.98 Å². The quantitative estimate of drug-likeness (QED) is 0.675. The molecule has 1 aliphatic carbocycles. The maximum Gasteiger partial charge on any atom is 0.268 e. The number of aromatic nitrogens is 4. The third-order valence-electron chi connectivity index (χ3n) is 4.80. The fraction of sp³-hybridized carbons (Fsp3) is 0.400. The summed E-state index contributed by atoms with van der Waals surface area (Å²) in [5.74, 6) is 2.21. The van der Waals surface area contributed by atoms with Gasteiger partial charge >= 0.3 is 0 Å². The summed E-state index contributed by atoms with van der Waals surface area (Å²) in [5.41, 5.74) is 2.78. The average Bonchev–Trinajstić information content (AvgIpc) is 2.89. The van der Waals surface area contributed by atoms with E-state index in [0.29, 0.717) is 10.6 Å². The van der Waals surface area contributed by atoms with Gasteiger partial charge in [-0.2, -0.15) is 5.10 Å². The average molecular weight is 313 g/mol. The molecule has 3 aromatic rings. The molecule has 0 aromatic carbocycles. The molecule has 2 unspecified atom stereocenters. The van der Waals surface area contributed by atoms with Crippen LogP contribution in [0.2, 0.25) is 0 Å². The maximum atomic E-state index is 12.4. The molecule has 0 amide bonds. The number of rotatable bonds is 2. The molecule has 1 saturated heterocycles. The molecule has 3 aromatic heterocycles. The van der Waals surface area contributed by atoms with Crippen molar-refractivity contribution < 1.29 is 0 Å². The van der Waals surface area contributed by atoms with E-state index in [1.165, 1.54) is 17.8 Å². The van der Waals surface area contributed by atoms with Crippen LogP contribution in [0.3, 0.4) is 0 Å². The molecule has 22 heavy (non-hydrogen) atoms. The summed E-state index contributed by atoms with van der Waals surface area (Å²) < 4.78 is 0.685. The summed E-state index contributed by atoms with van der Waals surface area (Å²) in [6.07, 6.45) is 3.05. The van der Waals surface area contributed by atoms with Crippen molar-refractivity contribution in [2.24, 2.45) is 11.8 Å². The molecule has 5 rings (SSSR count). The normalized spacial score (nSPS) is 26.5. The number of H-pyrrole nitrogens is 2. The van der Waals surface area contributed by atoms with Crippen molar-refractivity contribution in [3.8, 4) is 10.4 Å². The van der Waals surface area contributed by atoms with Gasteiger partial charge in [0.1, 0.15) is 10.5 Å². The summed E-state index contributed by atoms with van der Waals surface area (Å²) in [6.45, 7) is 3.02. The van der Waals surface area contributed by atoms with Gasteiger partial charge in [0, 0.05) is 16.1 Å². The highest BCUT2D eigenvalue weighted by Gasteiger charge is 2.49. The zero-order valence-corrected chi connectivity index (χ0v) is 12.8. The van der Waals surface area contributed by atoms with Crippen LogP contribution in [0.25, 0.3) is 20.7 Å². The van der Waals surface area contributed by atoms with Crippen LogP contribution in [0.1, 0.15) is 24.0 Å². The van der Waals surface area contributed by atoms with Gasteiger partial charge in [-0.1, -0.05) is 0 Å². The van der Waals surface area contributed by atoms with E-state index in [-0.39, 0.29) is 11.6 Å². The number of fused-ring (bicyclic) bond motifs is 2. The van der Waals surface area contributed by atoms with Gasteiger partial charge < -0.3 is 10.3 Å². The van der Waals surface area contributed by atoms with Gasteiger partial charge in [-0.25, -0.2) is 4.98 Å². The SMILES string of the molecule is Cc1[nH]ncc1-c1cc2nc(C3NCC4C[C@@H]43)[nH]c(=O)c2s1. The van der Waals surface area contributed by atoms with Crippen molar-refractivity contribution in [3.63, 3.8) is 0 Å². The van der Waals surface area contributed by atoms with Gasteiger partial charge in [-0.05, 0) is 37.8 Å². The maximum absolute atomic E-state index is 12.4. The zero-order valence-electron chi connectivity index (χ0n) is 12.0. The molecule has 7 heteroatoms. The molecule has 0 radical (unpaired) electrons. The van der Waals surface area contributed by atoms with Gasteiger partial charge in [-0.15, -0.1) is 11.3 Å². The Kier molecular flexibility index (Phi) is 2.43. The Balaban J connectivity index is 1.64. The predicted octanol–water partition coefficient (Wildman–Crippen LogP) is 1.96. The number of piperidine rings is 1. The van der Waals surface area contributed by atoms with E-state index in [9.17, 15) is 4.79 Å². The van der Waals surface area contributed by atoms with Gasteiger partial charge in [0.05, 0.1) is 17.8 Å². The largest absolute Gasteiger partial charge is 0.308 e. The lowest BCUT2D eigenvalue weighted by Crippen LogP contribution is -2.23. The van der Waals surface area contributed by atoms with Crippen molar-refractivity contribution in [2.45, 2.75) is 19.4 Å². The van der Waals surface area contributed by atoms with E-state index >= 15 is 0 Å². The Hall–Kier alpha value is -1.99. The fourth-order valence-corrected chi connectivity index (χ4v) is 4.54. The Bertz CT molecular complexity index is 939. The van der Waals surface area contributed by atoms with E-state index in [0.717, 1.165) is 39.9 Å². The zero-order chi connectivity index (χ0) is 14.8. The number of aromatic amines is 2. The number of nitrogens with one attached hydrogen (secondary N) is 3. The molecular formula is C15H15N5OS. The summed E-state index contributed by atoms with van der Waals surface area (Å²) >= 11 is 1.47. The number of aryl methyl sites for hydroxylation is 1. The van der Waals surface area contributed by atoms with E-state index in [1.54, 1.807) is 6.20 Å². The molecule has 1 saturated carbocycles. The number of hydrogen-bond acceptors (Lipinski definition) is 5.